The summed E-state index contributed by atoms with van der Waals surface area (Å²) < 4.78 is 5.40. The van der Waals surface area contributed by atoms with Gasteiger partial charge in [0.1, 0.15) is 0 Å². The third-order valence-electron chi connectivity index (χ3n) is 6.15. The molecule has 3 fully saturated rings. The number of nitrogens with one attached hydrogen (secondary N) is 1. The second kappa shape index (κ2) is 5.91. The van der Waals surface area contributed by atoms with E-state index >= 15 is 0 Å². The fourth-order valence-corrected chi connectivity index (χ4v) is 4.81. The Labute approximate surface area is 138 Å². The lowest BCUT2D eigenvalue weighted by atomic mass is 9.68. The van der Waals surface area contributed by atoms with Crippen LogP contribution in [-0.2, 0) is 9.53 Å². The number of fused-ring (bicyclic) bond motifs is 1. The molecular formula is C19H26N2O2. The summed E-state index contributed by atoms with van der Waals surface area (Å²) >= 11 is 0. The van der Waals surface area contributed by atoms with Gasteiger partial charge in [-0.2, -0.15) is 0 Å². The number of amides is 1. The lowest BCUT2D eigenvalue weighted by molar-refractivity contribution is -0.153. The van der Waals surface area contributed by atoms with E-state index in [1.165, 1.54) is 5.56 Å². The summed E-state index contributed by atoms with van der Waals surface area (Å²) in [6, 6.07) is 10.8. The van der Waals surface area contributed by atoms with Crippen molar-refractivity contribution in [1.82, 2.24) is 10.2 Å². The number of hydrogen-bond donors (Lipinski definition) is 1. The maximum atomic E-state index is 13.4. The molecule has 1 N–H and O–H groups in total. The first kappa shape index (κ1) is 15.2. The molecule has 1 amide bonds. The zero-order valence-corrected chi connectivity index (χ0v) is 13.8. The molecule has 23 heavy (non-hydrogen) atoms. The number of carbonyl (C=O) groups excluding carboxylic acids is 1. The lowest BCUT2D eigenvalue weighted by Gasteiger charge is -2.44. The van der Waals surface area contributed by atoms with Crippen molar-refractivity contribution >= 4 is 5.91 Å². The van der Waals surface area contributed by atoms with E-state index in [4.69, 9.17) is 4.74 Å². The fourth-order valence-electron chi connectivity index (χ4n) is 4.81. The molecule has 4 rings (SSSR count). The van der Waals surface area contributed by atoms with Gasteiger partial charge in [-0.15, -0.1) is 0 Å². The number of carbonyl (C=O) groups is 1. The van der Waals surface area contributed by atoms with Crippen LogP contribution in [0.4, 0.5) is 0 Å². The van der Waals surface area contributed by atoms with Crippen LogP contribution in [0.2, 0.25) is 0 Å². The average Bonchev–Trinajstić information content (AvgIpc) is 3.11. The van der Waals surface area contributed by atoms with E-state index in [0.29, 0.717) is 24.3 Å². The second-order valence-corrected chi connectivity index (χ2v) is 7.46. The summed E-state index contributed by atoms with van der Waals surface area (Å²) in [6.07, 6.45) is 3.10. The molecule has 4 heteroatoms. The minimum Gasteiger partial charge on any atom is -0.384 e. The number of ether oxygens (including phenoxy) is 1. The van der Waals surface area contributed by atoms with Crippen LogP contribution < -0.4 is 5.32 Å². The molecule has 4 nitrogen and oxygen atoms in total. The van der Waals surface area contributed by atoms with Crippen LogP contribution in [0.5, 0.6) is 0 Å². The summed E-state index contributed by atoms with van der Waals surface area (Å²) in [4.78, 5) is 15.6. The van der Waals surface area contributed by atoms with E-state index in [-0.39, 0.29) is 11.5 Å². The second-order valence-electron chi connectivity index (χ2n) is 7.46. The monoisotopic (exact) mass is 314 g/mol. The van der Waals surface area contributed by atoms with Gasteiger partial charge < -0.3 is 15.0 Å². The van der Waals surface area contributed by atoms with Crippen molar-refractivity contribution in [2.45, 2.75) is 25.3 Å². The van der Waals surface area contributed by atoms with E-state index in [2.05, 4.69) is 34.5 Å². The van der Waals surface area contributed by atoms with Crippen LogP contribution in [-0.4, -0.2) is 44.2 Å². The van der Waals surface area contributed by atoms with E-state index in [1.807, 2.05) is 6.07 Å². The highest BCUT2D eigenvalue weighted by Gasteiger charge is 2.53. The van der Waals surface area contributed by atoms with E-state index in [0.717, 1.165) is 38.9 Å². The SMILES string of the molecule is COCC1(C(=O)N2C[C@@H]3CNC[C@@H]3[C@H]2c2ccccc2)CCC1. The molecule has 0 spiro atoms. The molecule has 124 valence electrons. The number of hydrogen-bond acceptors (Lipinski definition) is 3. The third-order valence-corrected chi connectivity index (χ3v) is 6.15. The number of rotatable bonds is 4. The number of methoxy groups -OCH3 is 1. The summed E-state index contributed by atoms with van der Waals surface area (Å²) in [5.41, 5.74) is 1.03. The Balaban J connectivity index is 1.65. The van der Waals surface area contributed by atoms with Crippen molar-refractivity contribution in [1.29, 1.82) is 0 Å². The highest BCUT2D eigenvalue weighted by molar-refractivity contribution is 5.84. The molecule has 2 saturated heterocycles. The summed E-state index contributed by atoms with van der Waals surface area (Å²) in [5, 5.41) is 3.51. The number of likely N-dealkylation sites (tertiary alicyclic amines) is 1. The molecule has 1 saturated carbocycles. The van der Waals surface area contributed by atoms with Crippen molar-refractivity contribution < 1.29 is 9.53 Å². The molecule has 0 aromatic heterocycles. The smallest absolute Gasteiger partial charge is 0.231 e. The molecule has 2 aliphatic heterocycles. The van der Waals surface area contributed by atoms with Gasteiger partial charge in [0.2, 0.25) is 5.91 Å². The average molecular weight is 314 g/mol. The van der Waals surface area contributed by atoms with Gasteiger partial charge in [-0.3, -0.25) is 4.79 Å². The Kier molecular flexibility index (Phi) is 3.90. The molecule has 1 aromatic rings. The van der Waals surface area contributed by atoms with Crippen LogP contribution in [0.3, 0.4) is 0 Å². The Morgan fingerprint density at radius 3 is 2.74 bits per heavy atom. The van der Waals surface area contributed by atoms with E-state index in [1.54, 1.807) is 7.11 Å². The predicted molar refractivity (Wildman–Crippen MR) is 88.9 cm³/mol. The minimum atomic E-state index is -0.256. The molecule has 2 heterocycles. The topological polar surface area (TPSA) is 41.6 Å². The first-order valence-corrected chi connectivity index (χ1v) is 8.81. The van der Waals surface area contributed by atoms with Crippen molar-refractivity contribution in [3.63, 3.8) is 0 Å². The third kappa shape index (κ3) is 2.39. The summed E-state index contributed by atoms with van der Waals surface area (Å²) in [5.74, 6) is 1.46. The highest BCUT2D eigenvalue weighted by Crippen LogP contribution is 2.49. The van der Waals surface area contributed by atoms with Gasteiger partial charge in [0.25, 0.3) is 0 Å². The number of benzene rings is 1. The predicted octanol–water partition coefficient (Wildman–Crippen LogP) is 2.22. The van der Waals surface area contributed by atoms with Crippen molar-refractivity contribution in [3.8, 4) is 0 Å². The van der Waals surface area contributed by atoms with Crippen LogP contribution in [0, 0.1) is 17.3 Å². The van der Waals surface area contributed by atoms with Crippen molar-refractivity contribution in [2.75, 3.05) is 33.4 Å². The maximum Gasteiger partial charge on any atom is 0.231 e. The first-order valence-electron chi connectivity index (χ1n) is 8.81. The fraction of sp³-hybridized carbons (Fsp3) is 0.632. The molecular weight excluding hydrogens is 288 g/mol. The van der Waals surface area contributed by atoms with Crippen LogP contribution in [0.1, 0.15) is 30.9 Å². The first-order chi connectivity index (χ1) is 11.2. The maximum absolute atomic E-state index is 13.4. The van der Waals surface area contributed by atoms with Gasteiger partial charge >= 0.3 is 0 Å². The van der Waals surface area contributed by atoms with Gasteiger partial charge in [0, 0.05) is 32.7 Å². The highest BCUT2D eigenvalue weighted by atomic mass is 16.5. The van der Waals surface area contributed by atoms with E-state index in [9.17, 15) is 4.79 Å². The van der Waals surface area contributed by atoms with Gasteiger partial charge in [0.05, 0.1) is 18.1 Å². The molecule has 3 atom stereocenters. The summed E-state index contributed by atoms with van der Waals surface area (Å²) in [7, 11) is 1.71. The Hall–Kier alpha value is -1.39. The molecule has 1 aliphatic carbocycles. The van der Waals surface area contributed by atoms with Gasteiger partial charge in [0.15, 0.2) is 0 Å². The zero-order chi connectivity index (χ0) is 15.9. The quantitative estimate of drug-likeness (QED) is 0.926. The van der Waals surface area contributed by atoms with Crippen LogP contribution >= 0.6 is 0 Å². The normalized spacial score (nSPS) is 31.7. The minimum absolute atomic E-state index is 0.220. The zero-order valence-electron chi connectivity index (χ0n) is 13.8. The van der Waals surface area contributed by atoms with Gasteiger partial charge in [-0.1, -0.05) is 36.8 Å². The molecule has 1 aromatic carbocycles. The standard InChI is InChI=1S/C19H26N2O2/c1-23-13-19(8-5-9-19)18(22)21-12-15-10-20-11-16(15)17(21)14-6-3-2-4-7-14/h2-4,6-7,15-17,20H,5,8-13H2,1H3/t15-,16-,17+/m0/s1. The van der Waals surface area contributed by atoms with E-state index < -0.39 is 0 Å². The lowest BCUT2D eigenvalue weighted by Crippen LogP contribution is -2.51. The number of nitrogens with zero attached hydrogens (tertiary/aromatic N) is 1. The van der Waals surface area contributed by atoms with Crippen molar-refractivity contribution in [2.24, 2.45) is 17.3 Å². The summed E-state index contributed by atoms with van der Waals surface area (Å²) in [6.45, 7) is 3.51. The van der Waals surface area contributed by atoms with Gasteiger partial charge in [-0.05, 0) is 24.3 Å². The largest absolute Gasteiger partial charge is 0.384 e. The Bertz CT molecular complexity index is 570. The molecule has 0 bridgehead atoms. The van der Waals surface area contributed by atoms with Crippen LogP contribution in [0.15, 0.2) is 30.3 Å². The Morgan fingerprint density at radius 2 is 2.09 bits per heavy atom. The molecule has 3 aliphatic rings. The Morgan fingerprint density at radius 1 is 1.30 bits per heavy atom. The van der Waals surface area contributed by atoms with Crippen LogP contribution in [0.25, 0.3) is 0 Å². The molecule has 0 unspecified atom stereocenters. The van der Waals surface area contributed by atoms with Crippen molar-refractivity contribution in [3.05, 3.63) is 35.9 Å². The van der Waals surface area contributed by atoms with Gasteiger partial charge in [-0.25, -0.2) is 0 Å². The molecule has 0 radical (unpaired) electrons.